The van der Waals surface area contributed by atoms with Gasteiger partial charge >= 0.3 is 0 Å². The average Bonchev–Trinajstić information content (AvgIpc) is 3.14. The Balaban J connectivity index is 1.39. The first-order chi connectivity index (χ1) is 15.3. The second-order valence-corrected chi connectivity index (χ2v) is 10.2. The third kappa shape index (κ3) is 4.91. The maximum atomic E-state index is 12.9. The SMILES string of the molecule is Cc1ccc(S(=O)(=O)NCCC(=O)N2CCC[C@@H]2c2ccc3c(c2)OCCCO3)cc1C. The minimum Gasteiger partial charge on any atom is -0.490 e. The van der Waals surface area contributed by atoms with E-state index in [1.54, 1.807) is 18.2 Å². The van der Waals surface area contributed by atoms with Gasteiger partial charge in [-0.3, -0.25) is 4.79 Å². The molecule has 0 bridgehead atoms. The predicted octanol–water partition coefficient (Wildman–Crippen LogP) is 3.50. The number of hydrogen-bond acceptors (Lipinski definition) is 5. The Bertz CT molecular complexity index is 1100. The molecule has 8 heteroatoms. The highest BCUT2D eigenvalue weighted by atomic mass is 32.2. The molecule has 0 spiro atoms. The van der Waals surface area contributed by atoms with Crippen LogP contribution in [0.1, 0.15) is 48.4 Å². The van der Waals surface area contributed by atoms with Gasteiger partial charge in [-0.25, -0.2) is 13.1 Å². The van der Waals surface area contributed by atoms with Crippen LogP contribution in [0.4, 0.5) is 0 Å². The number of likely N-dealkylation sites (tertiary alicyclic amines) is 1. The maximum Gasteiger partial charge on any atom is 0.240 e. The molecule has 1 amide bonds. The molecule has 0 saturated carbocycles. The van der Waals surface area contributed by atoms with E-state index < -0.39 is 10.0 Å². The summed E-state index contributed by atoms with van der Waals surface area (Å²) in [6, 6.07) is 10.9. The van der Waals surface area contributed by atoms with Gasteiger partial charge in [0.2, 0.25) is 15.9 Å². The number of aryl methyl sites for hydroxylation is 2. The van der Waals surface area contributed by atoms with Crippen molar-refractivity contribution < 1.29 is 22.7 Å². The summed E-state index contributed by atoms with van der Waals surface area (Å²) in [5.74, 6) is 1.41. The lowest BCUT2D eigenvalue weighted by Gasteiger charge is -2.26. The normalized spacial score (nSPS) is 18.4. The van der Waals surface area contributed by atoms with Crippen LogP contribution in [0.5, 0.6) is 11.5 Å². The Morgan fingerprint density at radius 2 is 1.81 bits per heavy atom. The molecule has 7 nitrogen and oxygen atoms in total. The van der Waals surface area contributed by atoms with Crippen LogP contribution < -0.4 is 14.2 Å². The molecule has 1 atom stereocenters. The zero-order valence-corrected chi connectivity index (χ0v) is 19.4. The largest absolute Gasteiger partial charge is 0.490 e. The quantitative estimate of drug-likeness (QED) is 0.716. The Morgan fingerprint density at radius 1 is 1.03 bits per heavy atom. The smallest absolute Gasteiger partial charge is 0.240 e. The summed E-state index contributed by atoms with van der Waals surface area (Å²) in [6.45, 7) is 5.81. The molecule has 1 fully saturated rings. The fraction of sp³-hybridized carbons (Fsp3) is 0.458. The lowest BCUT2D eigenvalue weighted by atomic mass is 10.0. The van der Waals surface area contributed by atoms with E-state index in [2.05, 4.69) is 4.72 Å². The maximum absolute atomic E-state index is 12.9. The summed E-state index contributed by atoms with van der Waals surface area (Å²) in [4.78, 5) is 15.0. The van der Waals surface area contributed by atoms with Gasteiger partial charge in [0.05, 0.1) is 24.2 Å². The summed E-state index contributed by atoms with van der Waals surface area (Å²) in [6.07, 6.45) is 2.75. The van der Waals surface area contributed by atoms with Gasteiger partial charge in [-0.05, 0) is 67.6 Å². The molecule has 0 radical (unpaired) electrons. The molecule has 1 saturated heterocycles. The van der Waals surface area contributed by atoms with Crippen molar-refractivity contribution in [2.75, 3.05) is 26.3 Å². The Labute approximate surface area is 189 Å². The lowest BCUT2D eigenvalue weighted by molar-refractivity contribution is -0.131. The number of nitrogens with one attached hydrogen (secondary N) is 1. The van der Waals surface area contributed by atoms with E-state index in [1.807, 2.05) is 36.9 Å². The fourth-order valence-electron chi connectivity index (χ4n) is 4.20. The van der Waals surface area contributed by atoms with E-state index >= 15 is 0 Å². The Kier molecular flexibility index (Phi) is 6.71. The van der Waals surface area contributed by atoms with E-state index in [4.69, 9.17) is 9.47 Å². The standard InChI is InChI=1S/C24H30N2O5S/c1-17-6-8-20(15-18(17)2)32(28,29)25-11-10-24(27)26-12-3-5-21(26)19-7-9-22-23(16-19)31-14-4-13-30-22/h6-9,15-16,21,25H,3-5,10-14H2,1-2H3/t21-/m1/s1. The molecular weight excluding hydrogens is 428 g/mol. The van der Waals surface area contributed by atoms with Crippen molar-refractivity contribution >= 4 is 15.9 Å². The average molecular weight is 459 g/mol. The molecule has 2 aromatic carbocycles. The number of amides is 1. The van der Waals surface area contributed by atoms with E-state index in [-0.39, 0.29) is 29.8 Å². The minimum absolute atomic E-state index is 0.0315. The first kappa shape index (κ1) is 22.6. The van der Waals surface area contributed by atoms with Crippen molar-refractivity contribution in [1.29, 1.82) is 0 Å². The van der Waals surface area contributed by atoms with E-state index in [0.717, 1.165) is 47.5 Å². The van der Waals surface area contributed by atoms with Gasteiger partial charge < -0.3 is 14.4 Å². The van der Waals surface area contributed by atoms with Crippen LogP contribution in [0, 0.1) is 13.8 Å². The summed E-state index contributed by atoms with van der Waals surface area (Å²) in [5, 5.41) is 0. The first-order valence-electron chi connectivity index (χ1n) is 11.1. The van der Waals surface area contributed by atoms with Crippen molar-refractivity contribution in [2.45, 2.75) is 50.5 Å². The monoisotopic (exact) mass is 458 g/mol. The van der Waals surface area contributed by atoms with E-state index in [1.165, 1.54) is 0 Å². The molecule has 0 aromatic heterocycles. The molecular formula is C24H30N2O5S. The summed E-state index contributed by atoms with van der Waals surface area (Å²) < 4.78 is 39.2. The van der Waals surface area contributed by atoms with Crippen LogP contribution >= 0.6 is 0 Å². The van der Waals surface area contributed by atoms with Gasteiger partial charge in [-0.1, -0.05) is 12.1 Å². The van der Waals surface area contributed by atoms with Crippen molar-refractivity contribution in [3.05, 3.63) is 53.1 Å². The van der Waals surface area contributed by atoms with Gasteiger partial charge in [0.15, 0.2) is 11.5 Å². The number of carbonyl (C=O) groups excluding carboxylic acids is 1. The summed E-state index contributed by atoms with van der Waals surface area (Å²) >= 11 is 0. The number of nitrogens with zero attached hydrogens (tertiary/aromatic N) is 1. The Morgan fingerprint density at radius 3 is 2.59 bits per heavy atom. The molecule has 172 valence electrons. The molecule has 2 aromatic rings. The van der Waals surface area contributed by atoms with Crippen molar-refractivity contribution in [3.8, 4) is 11.5 Å². The molecule has 32 heavy (non-hydrogen) atoms. The van der Waals surface area contributed by atoms with Crippen molar-refractivity contribution in [1.82, 2.24) is 9.62 Å². The summed E-state index contributed by atoms with van der Waals surface area (Å²) in [5.41, 5.74) is 2.98. The highest BCUT2D eigenvalue weighted by molar-refractivity contribution is 7.89. The number of benzene rings is 2. The minimum atomic E-state index is -3.65. The lowest BCUT2D eigenvalue weighted by Crippen LogP contribution is -2.34. The van der Waals surface area contributed by atoms with Crippen molar-refractivity contribution in [3.63, 3.8) is 0 Å². The number of rotatable bonds is 6. The first-order valence-corrected chi connectivity index (χ1v) is 12.6. The van der Waals surface area contributed by atoms with Crippen LogP contribution in [0.25, 0.3) is 0 Å². The number of hydrogen-bond donors (Lipinski definition) is 1. The second kappa shape index (κ2) is 9.50. The van der Waals surface area contributed by atoms with Crippen molar-refractivity contribution in [2.24, 2.45) is 0 Å². The second-order valence-electron chi connectivity index (χ2n) is 8.40. The topological polar surface area (TPSA) is 84.9 Å². The van der Waals surface area contributed by atoms with Gasteiger partial charge in [0.1, 0.15) is 0 Å². The zero-order chi connectivity index (χ0) is 22.7. The third-order valence-corrected chi connectivity index (χ3v) is 7.61. The van der Waals surface area contributed by atoms with Gasteiger partial charge in [0.25, 0.3) is 0 Å². The third-order valence-electron chi connectivity index (χ3n) is 6.15. The molecule has 2 heterocycles. The van der Waals surface area contributed by atoms with Crippen LogP contribution in [0.2, 0.25) is 0 Å². The molecule has 0 unspecified atom stereocenters. The summed E-state index contributed by atoms with van der Waals surface area (Å²) in [7, 11) is -3.65. The van der Waals surface area contributed by atoms with Crippen LogP contribution in [-0.4, -0.2) is 45.5 Å². The molecule has 2 aliphatic rings. The highest BCUT2D eigenvalue weighted by Gasteiger charge is 2.30. The van der Waals surface area contributed by atoms with Crippen LogP contribution in [0.3, 0.4) is 0 Å². The number of ether oxygens (including phenoxy) is 2. The van der Waals surface area contributed by atoms with Gasteiger partial charge in [-0.15, -0.1) is 0 Å². The number of sulfonamides is 1. The van der Waals surface area contributed by atoms with Gasteiger partial charge in [-0.2, -0.15) is 0 Å². The predicted molar refractivity (Wildman–Crippen MR) is 121 cm³/mol. The molecule has 2 aliphatic heterocycles. The van der Waals surface area contributed by atoms with E-state index in [9.17, 15) is 13.2 Å². The van der Waals surface area contributed by atoms with Crippen LogP contribution in [-0.2, 0) is 14.8 Å². The zero-order valence-electron chi connectivity index (χ0n) is 18.6. The molecule has 4 rings (SSSR count). The van der Waals surface area contributed by atoms with Gasteiger partial charge in [0, 0.05) is 25.9 Å². The number of carbonyl (C=O) groups is 1. The van der Waals surface area contributed by atoms with Crippen LogP contribution in [0.15, 0.2) is 41.3 Å². The highest BCUT2D eigenvalue weighted by Crippen LogP contribution is 2.38. The van der Waals surface area contributed by atoms with E-state index in [0.29, 0.717) is 19.8 Å². The number of fused-ring (bicyclic) bond motifs is 1. The molecule has 1 N–H and O–H groups in total. The fourth-order valence-corrected chi connectivity index (χ4v) is 5.32. The molecule has 0 aliphatic carbocycles. The Hall–Kier alpha value is -2.58.